The van der Waals surface area contributed by atoms with Crippen molar-refractivity contribution in [1.82, 2.24) is 19.6 Å². The molecule has 0 saturated carbocycles. The summed E-state index contributed by atoms with van der Waals surface area (Å²) in [5.41, 5.74) is 0.947. The van der Waals surface area contributed by atoms with Crippen molar-refractivity contribution in [2.75, 3.05) is 6.54 Å². The summed E-state index contributed by atoms with van der Waals surface area (Å²) in [5, 5.41) is 2.52. The van der Waals surface area contributed by atoms with E-state index in [1.54, 1.807) is 24.7 Å². The summed E-state index contributed by atoms with van der Waals surface area (Å²) in [7, 11) is -3.83. The maximum Gasteiger partial charge on any atom is 0.328 e. The molecule has 2 aromatic rings. The minimum absolute atomic E-state index is 0.0617. The zero-order valence-corrected chi connectivity index (χ0v) is 13.0. The Bertz CT molecular complexity index is 709. The molecule has 2 N–H and O–H groups in total. The van der Waals surface area contributed by atoms with Crippen molar-refractivity contribution < 1.29 is 13.2 Å². The second kappa shape index (κ2) is 7.08. The second-order valence-corrected chi connectivity index (χ2v) is 6.51. The van der Waals surface area contributed by atoms with Crippen molar-refractivity contribution >= 4 is 16.1 Å². The molecule has 118 valence electrons. The van der Waals surface area contributed by atoms with Crippen molar-refractivity contribution in [3.8, 4) is 0 Å². The van der Waals surface area contributed by atoms with E-state index in [1.165, 1.54) is 12.1 Å². The lowest BCUT2D eigenvalue weighted by molar-refractivity contribution is 0.245. The van der Waals surface area contributed by atoms with Crippen molar-refractivity contribution in [2.24, 2.45) is 0 Å². The highest BCUT2D eigenvalue weighted by molar-refractivity contribution is 7.90. The molecule has 2 amide bonds. The summed E-state index contributed by atoms with van der Waals surface area (Å²) in [6.45, 7) is 2.93. The number of imidazole rings is 1. The van der Waals surface area contributed by atoms with Gasteiger partial charge in [-0.2, -0.15) is 0 Å². The number of carbonyl (C=O) groups excluding carboxylic acids is 1. The minimum Gasteiger partial charge on any atom is -0.337 e. The molecule has 0 aliphatic rings. The first-order valence-corrected chi connectivity index (χ1v) is 8.29. The van der Waals surface area contributed by atoms with Crippen molar-refractivity contribution in [3.05, 3.63) is 48.5 Å². The topological polar surface area (TPSA) is 93.1 Å². The van der Waals surface area contributed by atoms with Gasteiger partial charge in [-0.15, -0.1) is 0 Å². The smallest absolute Gasteiger partial charge is 0.328 e. The summed E-state index contributed by atoms with van der Waals surface area (Å²) in [6, 6.07) is 5.55. The maximum absolute atomic E-state index is 12.0. The van der Waals surface area contributed by atoms with Crippen LogP contribution in [-0.2, 0) is 16.6 Å². The molecule has 0 unspecified atom stereocenters. The van der Waals surface area contributed by atoms with Crippen LogP contribution in [0.1, 0.15) is 12.0 Å². The van der Waals surface area contributed by atoms with Crippen LogP contribution in [0.25, 0.3) is 0 Å². The molecule has 22 heavy (non-hydrogen) atoms. The monoisotopic (exact) mass is 322 g/mol. The molecule has 2 rings (SSSR count). The number of carbonyl (C=O) groups is 1. The van der Waals surface area contributed by atoms with Crippen molar-refractivity contribution in [1.29, 1.82) is 0 Å². The van der Waals surface area contributed by atoms with Crippen LogP contribution in [0.4, 0.5) is 4.79 Å². The number of amides is 2. The quantitative estimate of drug-likeness (QED) is 0.783. The van der Waals surface area contributed by atoms with Crippen molar-refractivity contribution in [2.45, 2.75) is 24.8 Å². The van der Waals surface area contributed by atoms with E-state index in [9.17, 15) is 13.2 Å². The van der Waals surface area contributed by atoms with Gasteiger partial charge >= 0.3 is 6.03 Å². The molecule has 0 spiro atoms. The van der Waals surface area contributed by atoms with E-state index >= 15 is 0 Å². The number of rotatable bonds is 6. The first-order valence-electron chi connectivity index (χ1n) is 6.80. The van der Waals surface area contributed by atoms with Crippen LogP contribution in [0.2, 0.25) is 0 Å². The minimum atomic E-state index is -3.83. The summed E-state index contributed by atoms with van der Waals surface area (Å²) < 4.78 is 27.8. The zero-order chi connectivity index (χ0) is 16.0. The summed E-state index contributed by atoms with van der Waals surface area (Å²) in [5.74, 6) is 0. The third-order valence-corrected chi connectivity index (χ3v) is 4.34. The molecule has 0 saturated heterocycles. The van der Waals surface area contributed by atoms with Gasteiger partial charge in [0.05, 0.1) is 11.2 Å². The molecule has 0 atom stereocenters. The van der Waals surface area contributed by atoms with Gasteiger partial charge in [0.1, 0.15) is 0 Å². The van der Waals surface area contributed by atoms with Crippen LogP contribution in [0, 0.1) is 6.92 Å². The largest absolute Gasteiger partial charge is 0.337 e. The van der Waals surface area contributed by atoms with Crippen LogP contribution in [-0.4, -0.2) is 30.5 Å². The van der Waals surface area contributed by atoms with E-state index in [0.717, 1.165) is 5.56 Å². The number of nitrogens with zero attached hydrogens (tertiary/aromatic N) is 2. The number of benzene rings is 1. The lowest BCUT2D eigenvalue weighted by atomic mass is 10.2. The molecule has 0 radical (unpaired) electrons. The lowest BCUT2D eigenvalue weighted by Crippen LogP contribution is -2.39. The maximum atomic E-state index is 12.0. The van der Waals surface area contributed by atoms with Crippen molar-refractivity contribution in [3.63, 3.8) is 0 Å². The van der Waals surface area contributed by atoms with Gasteiger partial charge in [-0.1, -0.05) is 17.7 Å². The molecule has 0 bridgehead atoms. The van der Waals surface area contributed by atoms with Gasteiger partial charge in [0.2, 0.25) is 0 Å². The lowest BCUT2D eigenvalue weighted by Gasteiger charge is -2.09. The highest BCUT2D eigenvalue weighted by Crippen LogP contribution is 2.09. The molecule has 1 aromatic carbocycles. The van der Waals surface area contributed by atoms with Gasteiger partial charge in [0, 0.05) is 25.5 Å². The Morgan fingerprint density at radius 1 is 1.27 bits per heavy atom. The van der Waals surface area contributed by atoms with Gasteiger partial charge in [-0.05, 0) is 25.5 Å². The normalized spacial score (nSPS) is 11.1. The van der Waals surface area contributed by atoms with Gasteiger partial charge in [-0.25, -0.2) is 22.9 Å². The van der Waals surface area contributed by atoms with E-state index in [0.29, 0.717) is 19.5 Å². The van der Waals surface area contributed by atoms with E-state index in [-0.39, 0.29) is 4.90 Å². The molecular formula is C14H18N4O3S. The van der Waals surface area contributed by atoms with Crippen LogP contribution in [0.15, 0.2) is 47.9 Å². The van der Waals surface area contributed by atoms with Gasteiger partial charge in [0.15, 0.2) is 0 Å². The number of aryl methyl sites for hydroxylation is 2. The standard InChI is InChI=1S/C14H18N4O3S/c1-12-3-5-13(6-4-12)22(20,21)17-14(19)16-7-2-9-18-10-8-15-11-18/h3-6,8,10-11H,2,7,9H2,1H3,(H2,16,17,19). The Hall–Kier alpha value is -2.35. The molecule has 1 aromatic heterocycles. The first-order chi connectivity index (χ1) is 10.5. The molecule has 7 nitrogen and oxygen atoms in total. The summed E-state index contributed by atoms with van der Waals surface area (Å²) in [4.78, 5) is 15.6. The van der Waals surface area contributed by atoms with Crippen LogP contribution in [0.3, 0.4) is 0 Å². The first kappa shape index (κ1) is 16.0. The Morgan fingerprint density at radius 2 is 2.00 bits per heavy atom. The highest BCUT2D eigenvalue weighted by Gasteiger charge is 2.16. The zero-order valence-electron chi connectivity index (χ0n) is 12.2. The molecular weight excluding hydrogens is 304 g/mol. The third kappa shape index (κ3) is 4.59. The number of sulfonamides is 1. The Morgan fingerprint density at radius 3 is 2.64 bits per heavy atom. The fourth-order valence-electron chi connectivity index (χ4n) is 1.82. The van der Waals surface area contributed by atoms with E-state index in [2.05, 4.69) is 10.3 Å². The number of hydrogen-bond donors (Lipinski definition) is 2. The molecule has 0 fully saturated rings. The van der Waals surface area contributed by atoms with E-state index in [1.807, 2.05) is 22.4 Å². The predicted octanol–water partition coefficient (Wildman–Crippen LogP) is 1.27. The third-order valence-electron chi connectivity index (χ3n) is 3.00. The Balaban J connectivity index is 1.79. The average molecular weight is 322 g/mol. The number of urea groups is 1. The number of nitrogens with one attached hydrogen (secondary N) is 2. The van der Waals surface area contributed by atoms with Gasteiger partial charge < -0.3 is 9.88 Å². The average Bonchev–Trinajstić information content (AvgIpc) is 2.97. The molecule has 0 aliphatic carbocycles. The van der Waals surface area contributed by atoms with Crippen LogP contribution < -0.4 is 10.0 Å². The Labute approximate surface area is 129 Å². The van der Waals surface area contributed by atoms with Crippen LogP contribution >= 0.6 is 0 Å². The fraction of sp³-hybridized carbons (Fsp3) is 0.286. The predicted molar refractivity (Wildman–Crippen MR) is 81.7 cm³/mol. The molecule has 1 heterocycles. The van der Waals surface area contributed by atoms with Gasteiger partial charge in [0.25, 0.3) is 10.0 Å². The fourth-order valence-corrected chi connectivity index (χ4v) is 2.75. The SMILES string of the molecule is Cc1ccc(S(=O)(=O)NC(=O)NCCCn2ccnc2)cc1. The second-order valence-electron chi connectivity index (χ2n) is 4.83. The molecule has 0 aliphatic heterocycles. The van der Waals surface area contributed by atoms with E-state index < -0.39 is 16.1 Å². The van der Waals surface area contributed by atoms with Gasteiger partial charge in [-0.3, -0.25) is 0 Å². The number of aromatic nitrogens is 2. The number of hydrogen-bond acceptors (Lipinski definition) is 4. The highest BCUT2D eigenvalue weighted by atomic mass is 32.2. The van der Waals surface area contributed by atoms with Crippen LogP contribution in [0.5, 0.6) is 0 Å². The Kier molecular flexibility index (Phi) is 5.16. The summed E-state index contributed by atoms with van der Waals surface area (Å²) >= 11 is 0. The van der Waals surface area contributed by atoms with E-state index in [4.69, 9.17) is 0 Å². The summed E-state index contributed by atoms with van der Waals surface area (Å²) in [6.07, 6.45) is 5.85. The molecule has 8 heteroatoms.